The van der Waals surface area contributed by atoms with Crippen LogP contribution < -0.4 is 0 Å². The van der Waals surface area contributed by atoms with Crippen molar-refractivity contribution in [3.05, 3.63) is 59.6 Å². The lowest BCUT2D eigenvalue weighted by Crippen LogP contribution is -1.92. The molecule has 3 rings (SSSR count). The summed E-state index contributed by atoms with van der Waals surface area (Å²) in [6.07, 6.45) is 8.81. The summed E-state index contributed by atoms with van der Waals surface area (Å²) < 4.78 is 0. The quantitative estimate of drug-likeness (QED) is 0.734. The van der Waals surface area contributed by atoms with Crippen LogP contribution in [0.5, 0.6) is 0 Å². The number of aromatic nitrogens is 1. The van der Waals surface area contributed by atoms with Crippen molar-refractivity contribution < 1.29 is 0 Å². The third-order valence-electron chi connectivity index (χ3n) is 3.07. The van der Waals surface area contributed by atoms with Gasteiger partial charge in [-0.3, -0.25) is 9.98 Å². The fourth-order valence-corrected chi connectivity index (χ4v) is 2.20. The van der Waals surface area contributed by atoms with Crippen molar-refractivity contribution in [3.8, 4) is 0 Å². The van der Waals surface area contributed by atoms with Gasteiger partial charge < -0.3 is 0 Å². The first-order valence-corrected chi connectivity index (χ1v) is 6.08. The van der Waals surface area contributed by atoms with Crippen LogP contribution in [0.25, 0.3) is 16.8 Å². The highest BCUT2D eigenvalue weighted by Gasteiger charge is 2.02. The van der Waals surface area contributed by atoms with E-state index in [1.807, 2.05) is 18.5 Å². The molecule has 18 heavy (non-hydrogen) atoms. The van der Waals surface area contributed by atoms with Gasteiger partial charge in [0, 0.05) is 23.5 Å². The number of hydrogen-bond acceptors (Lipinski definition) is 2. The molecule has 2 heterocycles. The Bertz CT molecular complexity index is 679. The minimum absolute atomic E-state index is 0.928. The van der Waals surface area contributed by atoms with Gasteiger partial charge in [-0.2, -0.15) is 0 Å². The fourth-order valence-electron chi connectivity index (χ4n) is 2.20. The maximum absolute atomic E-state index is 4.63. The van der Waals surface area contributed by atoms with Crippen LogP contribution in [0.1, 0.15) is 17.8 Å². The van der Waals surface area contributed by atoms with E-state index < -0.39 is 0 Å². The Morgan fingerprint density at radius 3 is 2.94 bits per heavy atom. The number of allylic oxidation sites excluding steroid dienone is 2. The number of benzene rings is 1. The smallest absolute Gasteiger partial charge is 0.0642 e. The zero-order valence-electron chi connectivity index (χ0n) is 10.3. The fraction of sp³-hybridized carbons (Fsp3) is 0.125. The van der Waals surface area contributed by atoms with Crippen LogP contribution in [0.2, 0.25) is 0 Å². The van der Waals surface area contributed by atoms with E-state index >= 15 is 0 Å². The lowest BCUT2D eigenvalue weighted by molar-refractivity contribution is 1.20. The standard InChI is InChI=1S/C16H14N2/c1-12-16-7-3-2-6-14(16)10-15(18-12)9-13-5-4-8-17-11-13/h2-4,6-11H,5H2,1H3/b13-9+. The number of fused-ring (bicyclic) bond motifs is 1. The number of aliphatic imine (C=N–C) groups is 1. The monoisotopic (exact) mass is 234 g/mol. The molecule has 1 aliphatic rings. The van der Waals surface area contributed by atoms with Gasteiger partial charge >= 0.3 is 0 Å². The molecule has 1 aromatic heterocycles. The Morgan fingerprint density at radius 1 is 1.22 bits per heavy atom. The van der Waals surface area contributed by atoms with Crippen molar-refractivity contribution >= 4 is 23.1 Å². The molecular weight excluding hydrogens is 220 g/mol. The molecule has 2 heteroatoms. The molecule has 0 amide bonds. The molecule has 1 aromatic carbocycles. The Balaban J connectivity index is 2.08. The van der Waals surface area contributed by atoms with Crippen LogP contribution >= 0.6 is 0 Å². The van der Waals surface area contributed by atoms with Crippen molar-refractivity contribution in [2.24, 2.45) is 4.99 Å². The molecule has 0 atom stereocenters. The molecule has 0 spiro atoms. The van der Waals surface area contributed by atoms with E-state index in [9.17, 15) is 0 Å². The summed E-state index contributed by atoms with van der Waals surface area (Å²) >= 11 is 0. The Kier molecular flexibility index (Phi) is 2.77. The molecule has 0 fully saturated rings. The number of pyridine rings is 1. The predicted molar refractivity (Wildman–Crippen MR) is 76.7 cm³/mol. The van der Waals surface area contributed by atoms with Crippen LogP contribution in [0.15, 0.2) is 53.2 Å². The number of nitrogens with zero attached hydrogens (tertiary/aromatic N) is 2. The van der Waals surface area contributed by atoms with Gasteiger partial charge in [0.1, 0.15) is 0 Å². The maximum atomic E-state index is 4.63. The minimum atomic E-state index is 0.928. The lowest BCUT2D eigenvalue weighted by Gasteiger charge is -2.05. The predicted octanol–water partition coefficient (Wildman–Crippen LogP) is 3.91. The topological polar surface area (TPSA) is 25.2 Å². The van der Waals surface area contributed by atoms with Crippen molar-refractivity contribution in [3.63, 3.8) is 0 Å². The molecule has 0 bridgehead atoms. The van der Waals surface area contributed by atoms with Gasteiger partial charge in [0.2, 0.25) is 0 Å². The first-order chi connectivity index (χ1) is 8.83. The summed E-state index contributed by atoms with van der Waals surface area (Å²) in [6.45, 7) is 2.05. The van der Waals surface area contributed by atoms with Gasteiger partial charge in [-0.25, -0.2) is 0 Å². The van der Waals surface area contributed by atoms with Gasteiger partial charge in [-0.05, 0) is 36.4 Å². The van der Waals surface area contributed by atoms with Crippen molar-refractivity contribution in [2.45, 2.75) is 13.3 Å². The molecule has 2 aromatic rings. The van der Waals surface area contributed by atoms with E-state index in [1.165, 1.54) is 16.3 Å². The second-order valence-corrected chi connectivity index (χ2v) is 4.44. The molecule has 0 N–H and O–H groups in total. The van der Waals surface area contributed by atoms with Crippen LogP contribution in [-0.4, -0.2) is 11.2 Å². The lowest BCUT2D eigenvalue weighted by atomic mass is 10.1. The summed E-state index contributed by atoms with van der Waals surface area (Å²) in [6, 6.07) is 10.5. The first-order valence-electron chi connectivity index (χ1n) is 6.08. The highest BCUT2D eigenvalue weighted by atomic mass is 14.7. The molecule has 88 valence electrons. The summed E-state index contributed by atoms with van der Waals surface area (Å²) in [5, 5.41) is 2.46. The largest absolute Gasteiger partial charge is 0.265 e. The third kappa shape index (κ3) is 2.09. The van der Waals surface area contributed by atoms with Crippen LogP contribution in [0.4, 0.5) is 0 Å². The maximum Gasteiger partial charge on any atom is 0.0642 e. The normalized spacial score (nSPS) is 16.6. The zero-order chi connectivity index (χ0) is 12.4. The van der Waals surface area contributed by atoms with E-state index in [4.69, 9.17) is 0 Å². The second kappa shape index (κ2) is 4.57. The number of aryl methyl sites for hydroxylation is 1. The third-order valence-corrected chi connectivity index (χ3v) is 3.07. The van der Waals surface area contributed by atoms with E-state index in [2.05, 4.69) is 53.3 Å². The average molecular weight is 234 g/mol. The Morgan fingerprint density at radius 2 is 2.11 bits per heavy atom. The highest BCUT2D eigenvalue weighted by molar-refractivity contribution is 5.89. The molecule has 1 aliphatic heterocycles. The highest BCUT2D eigenvalue weighted by Crippen LogP contribution is 2.19. The molecular formula is C16H14N2. The van der Waals surface area contributed by atoms with E-state index in [1.54, 1.807) is 0 Å². The Hall–Kier alpha value is -2.22. The minimum Gasteiger partial charge on any atom is -0.265 e. The first kappa shape index (κ1) is 10.9. The van der Waals surface area contributed by atoms with Gasteiger partial charge in [0.25, 0.3) is 0 Å². The number of rotatable bonds is 1. The SMILES string of the molecule is Cc1nc(/C=C2/C=NC=CC2)cc2ccccc12. The molecule has 0 saturated carbocycles. The van der Waals surface area contributed by atoms with Gasteiger partial charge in [0.15, 0.2) is 0 Å². The van der Waals surface area contributed by atoms with Crippen LogP contribution in [0.3, 0.4) is 0 Å². The summed E-state index contributed by atoms with van der Waals surface area (Å²) in [7, 11) is 0. The molecule has 0 radical (unpaired) electrons. The average Bonchev–Trinajstić information content (AvgIpc) is 2.40. The van der Waals surface area contributed by atoms with Gasteiger partial charge in [0.05, 0.1) is 5.69 Å². The van der Waals surface area contributed by atoms with Gasteiger partial charge in [-0.15, -0.1) is 0 Å². The number of hydrogen-bond donors (Lipinski definition) is 0. The van der Waals surface area contributed by atoms with Crippen molar-refractivity contribution in [1.29, 1.82) is 0 Å². The summed E-state index contributed by atoms with van der Waals surface area (Å²) in [5.74, 6) is 0. The molecule has 0 aliphatic carbocycles. The van der Waals surface area contributed by atoms with Crippen molar-refractivity contribution in [2.75, 3.05) is 0 Å². The molecule has 2 nitrogen and oxygen atoms in total. The van der Waals surface area contributed by atoms with Crippen LogP contribution in [-0.2, 0) is 0 Å². The Labute approximate surface area is 106 Å². The molecule has 0 saturated heterocycles. The van der Waals surface area contributed by atoms with Crippen molar-refractivity contribution in [1.82, 2.24) is 4.98 Å². The zero-order valence-corrected chi connectivity index (χ0v) is 10.3. The van der Waals surface area contributed by atoms with E-state index in [-0.39, 0.29) is 0 Å². The molecule has 0 unspecified atom stereocenters. The van der Waals surface area contributed by atoms with E-state index in [0.29, 0.717) is 0 Å². The van der Waals surface area contributed by atoms with Crippen LogP contribution in [0, 0.1) is 6.92 Å². The summed E-state index contributed by atoms with van der Waals surface area (Å²) in [5.41, 5.74) is 3.27. The van der Waals surface area contributed by atoms with Gasteiger partial charge in [-0.1, -0.05) is 30.3 Å². The van der Waals surface area contributed by atoms with E-state index in [0.717, 1.165) is 17.8 Å². The summed E-state index contributed by atoms with van der Waals surface area (Å²) in [4.78, 5) is 8.77. The second-order valence-electron chi connectivity index (χ2n) is 4.44.